The van der Waals surface area contributed by atoms with E-state index in [1.165, 1.54) is 29.6 Å². The van der Waals surface area contributed by atoms with E-state index in [0.717, 1.165) is 24.9 Å². The minimum Gasteiger partial charge on any atom is -0.508 e. The predicted molar refractivity (Wildman–Crippen MR) is 111 cm³/mol. The third-order valence-electron chi connectivity index (χ3n) is 5.74. The van der Waals surface area contributed by atoms with Crippen molar-refractivity contribution in [3.05, 3.63) is 69.4 Å². The number of fused-ring (bicyclic) bond motifs is 2. The summed E-state index contributed by atoms with van der Waals surface area (Å²) in [6, 6.07) is 11.3. The molecule has 2 unspecified atom stereocenters. The molecule has 4 rings (SSSR count). The van der Waals surface area contributed by atoms with Crippen LogP contribution in [0.25, 0.3) is 5.57 Å². The molecule has 0 spiro atoms. The monoisotopic (exact) mass is 365 g/mol. The zero-order valence-electron chi connectivity index (χ0n) is 15.6. The minimum atomic E-state index is 0.347. The molecule has 136 valence electrons. The topological polar surface area (TPSA) is 23.5 Å². The lowest BCUT2D eigenvalue weighted by atomic mass is 9.86. The number of thiophene rings is 1. The number of allylic oxidation sites excluding steroid dienone is 1. The van der Waals surface area contributed by atoms with Crippen molar-refractivity contribution in [2.75, 3.05) is 6.54 Å². The summed E-state index contributed by atoms with van der Waals surface area (Å²) in [5.74, 6) is 0.347. The van der Waals surface area contributed by atoms with Crippen LogP contribution < -0.4 is 0 Å². The fourth-order valence-corrected chi connectivity index (χ4v) is 5.19. The summed E-state index contributed by atoms with van der Waals surface area (Å²) in [6.45, 7) is 5.46. The normalized spacial score (nSPS) is 22.5. The van der Waals surface area contributed by atoms with Gasteiger partial charge in [0.25, 0.3) is 0 Å². The van der Waals surface area contributed by atoms with Crippen molar-refractivity contribution in [2.45, 2.75) is 51.6 Å². The van der Waals surface area contributed by atoms with E-state index >= 15 is 0 Å². The quantitative estimate of drug-likeness (QED) is 0.687. The minimum absolute atomic E-state index is 0.347. The lowest BCUT2D eigenvalue weighted by Gasteiger charge is -2.36. The second-order valence-corrected chi connectivity index (χ2v) is 8.59. The van der Waals surface area contributed by atoms with E-state index in [1.54, 1.807) is 23.0 Å². The third kappa shape index (κ3) is 3.51. The average molecular weight is 366 g/mol. The smallest absolute Gasteiger partial charge is 0.116 e. The lowest BCUT2D eigenvalue weighted by Crippen LogP contribution is -2.40. The molecule has 2 nitrogen and oxygen atoms in total. The van der Waals surface area contributed by atoms with Gasteiger partial charge in [-0.1, -0.05) is 29.4 Å². The Bertz CT molecular complexity index is 814. The molecule has 26 heavy (non-hydrogen) atoms. The molecular formula is C23H27NOS. The van der Waals surface area contributed by atoms with Gasteiger partial charge in [-0.25, -0.2) is 0 Å². The summed E-state index contributed by atoms with van der Waals surface area (Å²) in [7, 11) is 0. The van der Waals surface area contributed by atoms with E-state index < -0.39 is 0 Å². The van der Waals surface area contributed by atoms with Gasteiger partial charge in [-0.3, -0.25) is 4.90 Å². The van der Waals surface area contributed by atoms with Crippen molar-refractivity contribution in [3.63, 3.8) is 0 Å². The molecule has 3 heteroatoms. The van der Waals surface area contributed by atoms with Gasteiger partial charge in [-0.2, -0.15) is 11.3 Å². The average Bonchev–Trinajstić information content (AvgIpc) is 3.20. The van der Waals surface area contributed by atoms with Crippen molar-refractivity contribution in [3.8, 4) is 5.75 Å². The first-order valence-electron chi connectivity index (χ1n) is 9.55. The molecule has 0 radical (unpaired) electrons. The fraction of sp³-hybridized carbons (Fsp3) is 0.391. The van der Waals surface area contributed by atoms with Crippen LogP contribution in [-0.4, -0.2) is 28.6 Å². The van der Waals surface area contributed by atoms with Crippen molar-refractivity contribution in [1.29, 1.82) is 0 Å². The van der Waals surface area contributed by atoms with Gasteiger partial charge in [0.1, 0.15) is 5.75 Å². The van der Waals surface area contributed by atoms with Crippen LogP contribution in [0.4, 0.5) is 0 Å². The standard InChI is InChI=1S/C23H27NOS/c1-16(2)8-10-24-20-6-7-21(24)13-19(12-20)23(18-9-11-26-15-18)17-4-3-5-22(25)14-17/h3-5,8-9,11,14-15,20-21,25H,6-7,10,12-13H2,1-2H3. The van der Waals surface area contributed by atoms with E-state index in [0.29, 0.717) is 17.8 Å². The van der Waals surface area contributed by atoms with Gasteiger partial charge in [-0.05, 0) is 85.2 Å². The number of benzene rings is 1. The van der Waals surface area contributed by atoms with Gasteiger partial charge < -0.3 is 5.11 Å². The van der Waals surface area contributed by atoms with Gasteiger partial charge in [0.15, 0.2) is 0 Å². The first-order chi connectivity index (χ1) is 12.6. The van der Waals surface area contributed by atoms with E-state index in [4.69, 9.17) is 0 Å². The van der Waals surface area contributed by atoms with Gasteiger partial charge in [0, 0.05) is 18.6 Å². The molecule has 2 aliphatic heterocycles. The van der Waals surface area contributed by atoms with Crippen molar-refractivity contribution in [2.24, 2.45) is 0 Å². The molecule has 1 N–H and O–H groups in total. The Morgan fingerprint density at radius 1 is 1.15 bits per heavy atom. The Labute approximate surface area is 160 Å². The number of nitrogens with zero attached hydrogens (tertiary/aromatic N) is 1. The van der Waals surface area contributed by atoms with E-state index in [-0.39, 0.29) is 0 Å². The number of phenolic OH excluding ortho intramolecular Hbond substituents is 1. The van der Waals surface area contributed by atoms with Crippen LogP contribution >= 0.6 is 11.3 Å². The molecule has 0 saturated carbocycles. The second kappa shape index (κ2) is 7.42. The molecule has 2 bridgehead atoms. The van der Waals surface area contributed by atoms with Crippen LogP contribution in [0.3, 0.4) is 0 Å². The highest BCUT2D eigenvalue weighted by molar-refractivity contribution is 7.08. The molecule has 2 aliphatic rings. The highest BCUT2D eigenvalue weighted by Crippen LogP contribution is 2.43. The van der Waals surface area contributed by atoms with Gasteiger partial charge >= 0.3 is 0 Å². The maximum absolute atomic E-state index is 10.0. The summed E-state index contributed by atoms with van der Waals surface area (Å²) >= 11 is 1.75. The van der Waals surface area contributed by atoms with Gasteiger partial charge in [-0.15, -0.1) is 0 Å². The van der Waals surface area contributed by atoms with Crippen molar-refractivity contribution in [1.82, 2.24) is 4.90 Å². The highest BCUT2D eigenvalue weighted by atomic mass is 32.1. The Hall–Kier alpha value is -1.84. The van der Waals surface area contributed by atoms with Crippen molar-refractivity contribution >= 4 is 16.9 Å². The molecule has 0 amide bonds. The van der Waals surface area contributed by atoms with Crippen LogP contribution in [0.1, 0.15) is 50.7 Å². The second-order valence-electron chi connectivity index (χ2n) is 7.81. The maximum Gasteiger partial charge on any atom is 0.116 e. The molecule has 1 aromatic heterocycles. The Balaban J connectivity index is 1.70. The highest BCUT2D eigenvalue weighted by Gasteiger charge is 2.38. The van der Waals surface area contributed by atoms with Crippen LogP contribution in [-0.2, 0) is 0 Å². The Morgan fingerprint density at radius 2 is 1.92 bits per heavy atom. The number of hydrogen-bond acceptors (Lipinski definition) is 3. The van der Waals surface area contributed by atoms with E-state index in [9.17, 15) is 5.11 Å². The Kier molecular flexibility index (Phi) is 5.01. The molecule has 0 aliphatic carbocycles. The zero-order valence-corrected chi connectivity index (χ0v) is 16.4. The lowest BCUT2D eigenvalue weighted by molar-refractivity contribution is 0.186. The molecule has 2 aromatic rings. The number of piperidine rings is 1. The predicted octanol–water partition coefficient (Wildman–Crippen LogP) is 5.85. The maximum atomic E-state index is 10.0. The number of aromatic hydroxyl groups is 1. The summed E-state index contributed by atoms with van der Waals surface area (Å²) in [6.07, 6.45) is 7.28. The van der Waals surface area contributed by atoms with Crippen LogP contribution in [0.2, 0.25) is 0 Å². The molecular weight excluding hydrogens is 338 g/mol. The molecule has 3 heterocycles. The summed E-state index contributed by atoms with van der Waals surface area (Å²) in [5.41, 5.74) is 6.77. The largest absolute Gasteiger partial charge is 0.508 e. The van der Waals surface area contributed by atoms with Crippen LogP contribution in [0, 0.1) is 0 Å². The Morgan fingerprint density at radius 3 is 2.54 bits per heavy atom. The van der Waals surface area contributed by atoms with E-state index in [1.807, 2.05) is 12.1 Å². The summed E-state index contributed by atoms with van der Waals surface area (Å²) in [5, 5.41) is 14.4. The van der Waals surface area contributed by atoms with Crippen molar-refractivity contribution < 1.29 is 5.11 Å². The summed E-state index contributed by atoms with van der Waals surface area (Å²) < 4.78 is 0. The number of rotatable bonds is 4. The fourth-order valence-electron chi connectivity index (χ4n) is 4.54. The first kappa shape index (κ1) is 17.6. The SMILES string of the molecule is CC(C)=CCN1C2CCC1CC(=C(c1ccsc1)c1cccc(O)c1)C2. The van der Waals surface area contributed by atoms with E-state index in [2.05, 4.69) is 47.7 Å². The third-order valence-corrected chi connectivity index (χ3v) is 6.43. The van der Waals surface area contributed by atoms with Crippen LogP contribution in [0.15, 0.2) is 58.3 Å². The van der Waals surface area contributed by atoms with Crippen LogP contribution in [0.5, 0.6) is 5.75 Å². The zero-order chi connectivity index (χ0) is 18.1. The molecule has 2 fully saturated rings. The molecule has 2 atom stereocenters. The number of phenols is 1. The van der Waals surface area contributed by atoms with Gasteiger partial charge in [0.2, 0.25) is 0 Å². The summed E-state index contributed by atoms with van der Waals surface area (Å²) in [4.78, 5) is 2.71. The van der Waals surface area contributed by atoms with Gasteiger partial charge in [0.05, 0.1) is 0 Å². The molecule has 2 saturated heterocycles. The first-order valence-corrected chi connectivity index (χ1v) is 10.5. The molecule has 1 aromatic carbocycles. The number of hydrogen-bond donors (Lipinski definition) is 1.